The molecule has 0 aromatic carbocycles. The fraction of sp³-hybridized carbons (Fsp3) is 0.615. The zero-order valence-corrected chi connectivity index (χ0v) is 11.9. The predicted molar refractivity (Wildman–Crippen MR) is 75.1 cm³/mol. The molecule has 2 rings (SSSR count). The van der Waals surface area contributed by atoms with E-state index in [1.54, 1.807) is 15.8 Å². The van der Waals surface area contributed by atoms with E-state index in [4.69, 9.17) is 5.73 Å². The normalized spacial score (nSPS) is 16.2. The van der Waals surface area contributed by atoms with E-state index in [-0.39, 0.29) is 17.9 Å². The fourth-order valence-corrected chi connectivity index (χ4v) is 2.43. The number of carbonyl (C=O) groups is 2. The molecule has 0 bridgehead atoms. The summed E-state index contributed by atoms with van der Waals surface area (Å²) in [5, 5.41) is 7.09. The van der Waals surface area contributed by atoms with Crippen LogP contribution >= 0.6 is 0 Å². The minimum absolute atomic E-state index is 0.0271. The first kappa shape index (κ1) is 14.4. The van der Waals surface area contributed by atoms with Crippen LogP contribution in [0.4, 0.5) is 5.69 Å². The van der Waals surface area contributed by atoms with Crippen LogP contribution < -0.4 is 11.1 Å². The quantitative estimate of drug-likeness (QED) is 0.828. The monoisotopic (exact) mass is 279 g/mol. The first-order chi connectivity index (χ1) is 9.51. The molecule has 1 fully saturated rings. The van der Waals surface area contributed by atoms with Crippen LogP contribution in [0.5, 0.6) is 0 Å². The van der Waals surface area contributed by atoms with Gasteiger partial charge in [-0.3, -0.25) is 14.3 Å². The Balaban J connectivity index is 1.97. The smallest absolute Gasteiger partial charge is 0.276 e. The van der Waals surface area contributed by atoms with Crippen molar-refractivity contribution in [2.24, 2.45) is 0 Å². The number of nitrogens with one attached hydrogen (secondary N) is 1. The van der Waals surface area contributed by atoms with Crippen LogP contribution in [0, 0.1) is 0 Å². The Morgan fingerprint density at radius 2 is 2.10 bits per heavy atom. The number of piperidine rings is 1. The molecular formula is C13H21N5O2. The average molecular weight is 279 g/mol. The molecule has 0 aliphatic carbocycles. The standard InChI is InChI=1S/C13H21N5O2/c1-3-18-8-11(14)12(16-18)13(20)17-6-4-10(5-7-17)15-9(2)19/h8,10H,3-7,14H2,1-2H3,(H,15,19). The Labute approximate surface area is 118 Å². The number of likely N-dealkylation sites (tertiary alicyclic amines) is 1. The molecule has 0 spiro atoms. The van der Waals surface area contributed by atoms with Gasteiger partial charge in [0.05, 0.1) is 5.69 Å². The second-order valence-corrected chi connectivity index (χ2v) is 5.06. The SMILES string of the molecule is CCn1cc(N)c(C(=O)N2CCC(NC(C)=O)CC2)n1. The number of aryl methyl sites for hydroxylation is 1. The highest BCUT2D eigenvalue weighted by Crippen LogP contribution is 2.17. The van der Waals surface area contributed by atoms with Crippen LogP contribution in [0.3, 0.4) is 0 Å². The van der Waals surface area contributed by atoms with E-state index in [0.717, 1.165) is 12.8 Å². The number of hydrogen-bond donors (Lipinski definition) is 2. The van der Waals surface area contributed by atoms with Gasteiger partial charge in [-0.1, -0.05) is 0 Å². The molecule has 1 saturated heterocycles. The molecule has 0 unspecified atom stereocenters. The number of rotatable bonds is 3. The highest BCUT2D eigenvalue weighted by Gasteiger charge is 2.26. The van der Waals surface area contributed by atoms with Crippen molar-refractivity contribution in [2.45, 2.75) is 39.3 Å². The van der Waals surface area contributed by atoms with Crippen molar-refractivity contribution in [3.63, 3.8) is 0 Å². The van der Waals surface area contributed by atoms with Gasteiger partial charge < -0.3 is 16.0 Å². The van der Waals surface area contributed by atoms with Gasteiger partial charge in [-0.15, -0.1) is 0 Å². The maximum absolute atomic E-state index is 12.4. The molecule has 3 N–H and O–H groups in total. The van der Waals surface area contributed by atoms with Crippen LogP contribution in [0.2, 0.25) is 0 Å². The highest BCUT2D eigenvalue weighted by molar-refractivity contribution is 5.97. The van der Waals surface area contributed by atoms with Crippen molar-refractivity contribution in [3.8, 4) is 0 Å². The number of nitrogens with two attached hydrogens (primary N) is 1. The van der Waals surface area contributed by atoms with Gasteiger partial charge in [0.15, 0.2) is 5.69 Å². The highest BCUT2D eigenvalue weighted by atomic mass is 16.2. The van der Waals surface area contributed by atoms with Crippen LogP contribution in [0.15, 0.2) is 6.20 Å². The summed E-state index contributed by atoms with van der Waals surface area (Å²) >= 11 is 0. The van der Waals surface area contributed by atoms with Crippen LogP contribution in [-0.2, 0) is 11.3 Å². The lowest BCUT2D eigenvalue weighted by Crippen LogP contribution is -2.46. The Kier molecular flexibility index (Phi) is 4.26. The first-order valence-electron chi connectivity index (χ1n) is 6.90. The van der Waals surface area contributed by atoms with E-state index < -0.39 is 0 Å². The summed E-state index contributed by atoms with van der Waals surface area (Å²) < 4.78 is 1.66. The summed E-state index contributed by atoms with van der Waals surface area (Å²) in [5.74, 6) is -0.156. The van der Waals surface area contributed by atoms with Gasteiger partial charge in [-0.2, -0.15) is 5.10 Å². The topological polar surface area (TPSA) is 93.2 Å². The lowest BCUT2D eigenvalue weighted by Gasteiger charge is -2.31. The Bertz CT molecular complexity index is 503. The number of aromatic nitrogens is 2. The predicted octanol–water partition coefficient (Wildman–Crippen LogP) is 0.226. The minimum atomic E-state index is -0.129. The summed E-state index contributed by atoms with van der Waals surface area (Å²) in [5.41, 5.74) is 6.57. The Morgan fingerprint density at radius 1 is 1.45 bits per heavy atom. The van der Waals surface area contributed by atoms with Crippen molar-refractivity contribution in [1.82, 2.24) is 20.0 Å². The van der Waals surface area contributed by atoms with Gasteiger partial charge in [0, 0.05) is 38.8 Å². The van der Waals surface area contributed by atoms with E-state index in [9.17, 15) is 9.59 Å². The molecule has 2 heterocycles. The molecule has 110 valence electrons. The molecule has 0 atom stereocenters. The number of amides is 2. The third kappa shape index (κ3) is 3.09. The van der Waals surface area contributed by atoms with E-state index >= 15 is 0 Å². The summed E-state index contributed by atoms with van der Waals surface area (Å²) in [7, 11) is 0. The molecule has 0 saturated carbocycles. The Hall–Kier alpha value is -2.05. The molecular weight excluding hydrogens is 258 g/mol. The van der Waals surface area contributed by atoms with Crippen molar-refractivity contribution in [3.05, 3.63) is 11.9 Å². The van der Waals surface area contributed by atoms with Crippen LogP contribution in [0.25, 0.3) is 0 Å². The van der Waals surface area contributed by atoms with Crippen LogP contribution in [0.1, 0.15) is 37.2 Å². The second kappa shape index (κ2) is 5.94. The number of nitrogens with zero attached hydrogens (tertiary/aromatic N) is 3. The van der Waals surface area contributed by atoms with Gasteiger partial charge >= 0.3 is 0 Å². The largest absolute Gasteiger partial charge is 0.396 e. The van der Waals surface area contributed by atoms with Gasteiger partial charge in [-0.05, 0) is 19.8 Å². The first-order valence-corrected chi connectivity index (χ1v) is 6.90. The molecule has 1 aromatic rings. The lowest BCUT2D eigenvalue weighted by atomic mass is 10.0. The number of carbonyl (C=O) groups excluding carboxylic acids is 2. The van der Waals surface area contributed by atoms with E-state index in [2.05, 4.69) is 10.4 Å². The van der Waals surface area contributed by atoms with Crippen molar-refractivity contribution in [1.29, 1.82) is 0 Å². The van der Waals surface area contributed by atoms with Crippen molar-refractivity contribution < 1.29 is 9.59 Å². The molecule has 7 nitrogen and oxygen atoms in total. The zero-order valence-electron chi connectivity index (χ0n) is 11.9. The van der Waals surface area contributed by atoms with Gasteiger partial charge in [0.1, 0.15) is 0 Å². The maximum Gasteiger partial charge on any atom is 0.276 e. The summed E-state index contributed by atoms with van der Waals surface area (Å²) in [4.78, 5) is 25.1. The van der Waals surface area contributed by atoms with Gasteiger partial charge in [-0.25, -0.2) is 0 Å². The molecule has 1 aliphatic heterocycles. The number of anilines is 1. The van der Waals surface area contributed by atoms with E-state index in [1.807, 2.05) is 6.92 Å². The second-order valence-electron chi connectivity index (χ2n) is 5.06. The third-order valence-electron chi connectivity index (χ3n) is 3.51. The van der Waals surface area contributed by atoms with Crippen molar-refractivity contribution >= 4 is 17.5 Å². The van der Waals surface area contributed by atoms with Gasteiger partial charge in [0.25, 0.3) is 5.91 Å². The number of hydrogen-bond acceptors (Lipinski definition) is 4. The average Bonchev–Trinajstić information content (AvgIpc) is 2.79. The van der Waals surface area contributed by atoms with Crippen LogP contribution in [-0.4, -0.2) is 45.6 Å². The van der Waals surface area contributed by atoms with E-state index in [0.29, 0.717) is 31.0 Å². The minimum Gasteiger partial charge on any atom is -0.396 e. The Morgan fingerprint density at radius 3 is 2.60 bits per heavy atom. The summed E-state index contributed by atoms with van der Waals surface area (Å²) in [6.07, 6.45) is 3.21. The summed E-state index contributed by atoms with van der Waals surface area (Å²) in [6.45, 7) is 5.36. The third-order valence-corrected chi connectivity index (χ3v) is 3.51. The molecule has 20 heavy (non-hydrogen) atoms. The van der Waals surface area contributed by atoms with E-state index in [1.165, 1.54) is 6.92 Å². The number of nitrogen functional groups attached to an aromatic ring is 1. The lowest BCUT2D eigenvalue weighted by molar-refractivity contribution is -0.119. The molecule has 0 radical (unpaired) electrons. The summed E-state index contributed by atoms with van der Waals surface area (Å²) in [6, 6.07) is 0.155. The maximum atomic E-state index is 12.4. The zero-order chi connectivity index (χ0) is 14.7. The van der Waals surface area contributed by atoms with Crippen molar-refractivity contribution in [2.75, 3.05) is 18.8 Å². The molecule has 1 aliphatic rings. The van der Waals surface area contributed by atoms with Gasteiger partial charge in [0.2, 0.25) is 5.91 Å². The molecule has 7 heteroatoms. The fourth-order valence-electron chi connectivity index (χ4n) is 2.43. The molecule has 2 amide bonds. The molecule has 1 aromatic heterocycles.